The summed E-state index contributed by atoms with van der Waals surface area (Å²) in [5.74, 6) is -1.02. The molecular formula is C24H24ClF2N3O4. The van der Waals surface area contributed by atoms with E-state index in [-0.39, 0.29) is 5.75 Å². The van der Waals surface area contributed by atoms with Crippen LogP contribution in [0.4, 0.5) is 8.78 Å². The van der Waals surface area contributed by atoms with E-state index >= 15 is 0 Å². The van der Waals surface area contributed by atoms with Crippen LogP contribution in [0.15, 0.2) is 48.5 Å². The topological polar surface area (TPSA) is 82.5 Å². The average Bonchev–Trinajstić information content (AvgIpc) is 3.07. The van der Waals surface area contributed by atoms with E-state index in [0.717, 1.165) is 11.1 Å². The van der Waals surface area contributed by atoms with Gasteiger partial charge in [0, 0.05) is 11.6 Å². The molecule has 10 heteroatoms. The molecule has 0 aliphatic heterocycles. The summed E-state index contributed by atoms with van der Waals surface area (Å²) in [6, 6.07) is 13.5. The molecule has 0 unspecified atom stereocenters. The Labute approximate surface area is 200 Å². The summed E-state index contributed by atoms with van der Waals surface area (Å²) in [4.78, 5) is 24.7. The second-order valence-corrected chi connectivity index (χ2v) is 7.90. The van der Waals surface area contributed by atoms with E-state index in [0.29, 0.717) is 41.5 Å². The van der Waals surface area contributed by atoms with Crippen molar-refractivity contribution in [3.63, 3.8) is 0 Å². The number of carbonyl (C=O) groups excluding carboxylic acids is 2. The third-order valence-electron chi connectivity index (χ3n) is 5.08. The van der Waals surface area contributed by atoms with Crippen LogP contribution in [0.25, 0.3) is 0 Å². The number of aryl methyl sites for hydroxylation is 1. The number of amides is 1. The predicted octanol–water partition coefficient (Wildman–Crippen LogP) is 4.32. The first-order chi connectivity index (χ1) is 16.2. The van der Waals surface area contributed by atoms with Crippen molar-refractivity contribution in [3.8, 4) is 5.75 Å². The van der Waals surface area contributed by atoms with Crippen LogP contribution in [0.5, 0.6) is 5.75 Å². The average molecular weight is 492 g/mol. The predicted molar refractivity (Wildman–Crippen MR) is 122 cm³/mol. The van der Waals surface area contributed by atoms with Crippen LogP contribution in [0.1, 0.15) is 32.9 Å². The lowest BCUT2D eigenvalue weighted by molar-refractivity contribution is -0.124. The zero-order valence-electron chi connectivity index (χ0n) is 18.7. The number of ether oxygens (including phenoxy) is 2. The van der Waals surface area contributed by atoms with Gasteiger partial charge in [0.2, 0.25) is 0 Å². The van der Waals surface area contributed by atoms with Gasteiger partial charge in [0.15, 0.2) is 6.61 Å². The van der Waals surface area contributed by atoms with Crippen molar-refractivity contribution in [1.82, 2.24) is 15.1 Å². The second kappa shape index (κ2) is 11.6. The van der Waals surface area contributed by atoms with Crippen molar-refractivity contribution in [1.29, 1.82) is 0 Å². The number of carbonyl (C=O) groups is 2. The fourth-order valence-electron chi connectivity index (χ4n) is 3.37. The molecule has 0 atom stereocenters. The Hall–Kier alpha value is -3.46. The minimum atomic E-state index is -2.88. The maximum Gasteiger partial charge on any atom is 0.387 e. The molecule has 1 N–H and O–H groups in total. The van der Waals surface area contributed by atoms with Crippen LogP contribution in [-0.2, 0) is 22.5 Å². The number of nitrogens with one attached hydrogen (secondary N) is 1. The second-order valence-electron chi connectivity index (χ2n) is 7.49. The highest BCUT2D eigenvalue weighted by atomic mass is 35.5. The lowest BCUT2D eigenvalue weighted by Gasteiger charge is -2.09. The lowest BCUT2D eigenvalue weighted by atomic mass is 10.1. The van der Waals surface area contributed by atoms with Crippen molar-refractivity contribution in [2.24, 2.45) is 0 Å². The third-order valence-corrected chi connectivity index (χ3v) is 5.45. The van der Waals surface area contributed by atoms with Gasteiger partial charge >= 0.3 is 12.6 Å². The van der Waals surface area contributed by atoms with Crippen LogP contribution < -0.4 is 10.1 Å². The van der Waals surface area contributed by atoms with Gasteiger partial charge in [-0.05, 0) is 49.6 Å². The molecule has 0 aliphatic carbocycles. The fourth-order valence-corrected chi connectivity index (χ4v) is 3.57. The maximum absolute atomic E-state index is 12.6. The highest BCUT2D eigenvalue weighted by Crippen LogP contribution is 2.20. The summed E-state index contributed by atoms with van der Waals surface area (Å²) < 4.78 is 35.5. The minimum Gasteiger partial charge on any atom is -0.452 e. The highest BCUT2D eigenvalue weighted by molar-refractivity contribution is 6.31. The number of nitrogens with zero attached hydrogens (tertiary/aromatic N) is 2. The third kappa shape index (κ3) is 6.77. The normalized spacial score (nSPS) is 10.9. The molecule has 0 saturated carbocycles. The highest BCUT2D eigenvalue weighted by Gasteiger charge is 2.21. The first kappa shape index (κ1) is 25.2. The van der Waals surface area contributed by atoms with E-state index in [1.54, 1.807) is 36.7 Å². The standard InChI is InChI=1S/C24H24ClF2N3O4/c1-15-22(16(2)30(29-15)13-18-5-3-4-6-20(18)25)23(32)33-14-21(31)28-12-11-17-7-9-19(10-8-17)34-24(26)27/h3-10,24H,11-14H2,1-2H3,(H,28,31). The van der Waals surface area contributed by atoms with E-state index in [1.165, 1.54) is 12.1 Å². The zero-order chi connectivity index (χ0) is 24.7. The molecule has 34 heavy (non-hydrogen) atoms. The summed E-state index contributed by atoms with van der Waals surface area (Å²) in [5.41, 5.74) is 3.11. The number of benzene rings is 2. The Morgan fingerprint density at radius 3 is 2.50 bits per heavy atom. The molecule has 1 heterocycles. The molecule has 0 saturated heterocycles. The monoisotopic (exact) mass is 491 g/mol. The fraction of sp³-hybridized carbons (Fsp3) is 0.292. The SMILES string of the molecule is Cc1nn(Cc2ccccc2Cl)c(C)c1C(=O)OCC(=O)NCCc1ccc(OC(F)F)cc1. The summed E-state index contributed by atoms with van der Waals surface area (Å²) in [7, 11) is 0. The molecule has 3 aromatic rings. The van der Waals surface area contributed by atoms with Gasteiger partial charge in [-0.1, -0.05) is 41.9 Å². The summed E-state index contributed by atoms with van der Waals surface area (Å²) in [5, 5.41) is 7.67. The summed E-state index contributed by atoms with van der Waals surface area (Å²) >= 11 is 6.22. The molecule has 7 nitrogen and oxygen atoms in total. The number of esters is 1. The molecule has 3 rings (SSSR count). The van der Waals surface area contributed by atoms with Crippen LogP contribution in [0.3, 0.4) is 0 Å². The van der Waals surface area contributed by atoms with Crippen molar-refractivity contribution in [2.45, 2.75) is 33.4 Å². The van der Waals surface area contributed by atoms with Crippen LogP contribution >= 0.6 is 11.6 Å². The van der Waals surface area contributed by atoms with Crippen LogP contribution in [-0.4, -0.2) is 41.4 Å². The van der Waals surface area contributed by atoms with Crippen molar-refractivity contribution < 1.29 is 27.8 Å². The quantitative estimate of drug-likeness (QED) is 0.427. The first-order valence-corrected chi connectivity index (χ1v) is 10.9. The Morgan fingerprint density at radius 1 is 1.12 bits per heavy atom. The summed E-state index contributed by atoms with van der Waals surface area (Å²) in [6.07, 6.45) is 0.474. The van der Waals surface area contributed by atoms with Gasteiger partial charge in [-0.15, -0.1) is 0 Å². The molecule has 0 spiro atoms. The molecular weight excluding hydrogens is 468 g/mol. The number of hydrogen-bond acceptors (Lipinski definition) is 5. The Kier molecular flexibility index (Phi) is 8.59. The van der Waals surface area contributed by atoms with Gasteiger partial charge in [-0.2, -0.15) is 13.9 Å². The molecule has 0 bridgehead atoms. The van der Waals surface area contributed by atoms with Gasteiger partial charge in [0.1, 0.15) is 11.3 Å². The molecule has 2 aromatic carbocycles. The van der Waals surface area contributed by atoms with E-state index in [9.17, 15) is 18.4 Å². The molecule has 0 aliphatic rings. The summed E-state index contributed by atoms with van der Waals surface area (Å²) in [6.45, 7) is 0.829. The molecule has 180 valence electrons. The Morgan fingerprint density at radius 2 is 1.82 bits per heavy atom. The van der Waals surface area contributed by atoms with E-state index < -0.39 is 25.1 Å². The van der Waals surface area contributed by atoms with E-state index in [4.69, 9.17) is 16.3 Å². The van der Waals surface area contributed by atoms with Crippen LogP contribution in [0, 0.1) is 13.8 Å². The zero-order valence-corrected chi connectivity index (χ0v) is 19.4. The maximum atomic E-state index is 12.6. The van der Waals surface area contributed by atoms with Gasteiger partial charge in [-0.3, -0.25) is 9.48 Å². The van der Waals surface area contributed by atoms with Gasteiger partial charge in [0.05, 0.1) is 17.9 Å². The van der Waals surface area contributed by atoms with Gasteiger partial charge in [-0.25, -0.2) is 4.79 Å². The lowest BCUT2D eigenvalue weighted by Crippen LogP contribution is -2.30. The number of aromatic nitrogens is 2. The number of rotatable bonds is 10. The van der Waals surface area contributed by atoms with E-state index in [2.05, 4.69) is 15.2 Å². The minimum absolute atomic E-state index is 0.0653. The molecule has 1 aromatic heterocycles. The van der Waals surface area contributed by atoms with Crippen molar-refractivity contribution >= 4 is 23.5 Å². The van der Waals surface area contributed by atoms with Gasteiger partial charge < -0.3 is 14.8 Å². The molecule has 1 amide bonds. The largest absolute Gasteiger partial charge is 0.452 e. The number of hydrogen-bond donors (Lipinski definition) is 1. The number of alkyl halides is 2. The van der Waals surface area contributed by atoms with Crippen LogP contribution in [0.2, 0.25) is 5.02 Å². The van der Waals surface area contributed by atoms with Crippen molar-refractivity contribution in [3.05, 3.63) is 81.6 Å². The molecule has 0 radical (unpaired) electrons. The Balaban J connectivity index is 1.48. The Bertz CT molecular complexity index is 1150. The van der Waals surface area contributed by atoms with Gasteiger partial charge in [0.25, 0.3) is 5.91 Å². The first-order valence-electron chi connectivity index (χ1n) is 10.5. The van der Waals surface area contributed by atoms with Crippen molar-refractivity contribution in [2.75, 3.05) is 13.2 Å². The molecule has 0 fully saturated rings. The smallest absolute Gasteiger partial charge is 0.387 e. The number of halogens is 3. The van der Waals surface area contributed by atoms with E-state index in [1.807, 2.05) is 18.2 Å².